The molecule has 0 spiro atoms. The molecule has 2 aromatic rings. The highest BCUT2D eigenvalue weighted by atomic mass is 32.1. The second-order valence-corrected chi connectivity index (χ2v) is 6.11. The third kappa shape index (κ3) is 3.82. The van der Waals surface area contributed by atoms with E-state index in [1.807, 2.05) is 19.9 Å². The van der Waals surface area contributed by atoms with Crippen LogP contribution in [-0.4, -0.2) is 31.0 Å². The molecule has 0 aliphatic rings. The van der Waals surface area contributed by atoms with Gasteiger partial charge in [-0.05, 0) is 37.6 Å². The summed E-state index contributed by atoms with van der Waals surface area (Å²) >= 11 is 1.49. The zero-order chi connectivity index (χ0) is 15.4. The number of amides is 1. The van der Waals surface area contributed by atoms with Crippen molar-refractivity contribution in [3.63, 3.8) is 0 Å². The summed E-state index contributed by atoms with van der Waals surface area (Å²) in [7, 11) is 1.72. The van der Waals surface area contributed by atoms with Crippen LogP contribution in [0, 0.1) is 19.7 Å². The lowest BCUT2D eigenvalue weighted by molar-refractivity contribution is 0.0777. The fraction of sp³-hybridized carbons (Fsp3) is 0.312. The minimum atomic E-state index is -0.393. The quantitative estimate of drug-likeness (QED) is 0.844. The van der Waals surface area contributed by atoms with Crippen molar-refractivity contribution in [3.8, 4) is 5.75 Å². The predicted octanol–water partition coefficient (Wildman–Crippen LogP) is 3.66. The number of ether oxygens (including phenoxy) is 1. The monoisotopic (exact) mass is 307 g/mol. The molecule has 0 saturated carbocycles. The lowest BCUT2D eigenvalue weighted by Gasteiger charge is -2.16. The van der Waals surface area contributed by atoms with E-state index in [9.17, 15) is 9.18 Å². The molecule has 2 rings (SSSR count). The molecular formula is C16H18FNO2S. The number of hydrogen-bond donors (Lipinski definition) is 0. The fourth-order valence-electron chi connectivity index (χ4n) is 1.82. The van der Waals surface area contributed by atoms with E-state index in [1.165, 1.54) is 17.4 Å². The molecule has 0 N–H and O–H groups in total. The summed E-state index contributed by atoms with van der Waals surface area (Å²) < 4.78 is 18.7. The number of para-hydroxylation sites is 1. The van der Waals surface area contributed by atoms with Crippen molar-refractivity contribution in [2.75, 3.05) is 20.2 Å². The second kappa shape index (κ2) is 6.72. The lowest BCUT2D eigenvalue weighted by atomic mass is 10.3. The summed E-state index contributed by atoms with van der Waals surface area (Å²) in [6.07, 6.45) is 0. The number of rotatable bonds is 5. The summed E-state index contributed by atoms with van der Waals surface area (Å²) in [6.45, 7) is 4.65. The van der Waals surface area contributed by atoms with E-state index in [4.69, 9.17) is 4.74 Å². The Morgan fingerprint density at radius 3 is 2.67 bits per heavy atom. The average molecular weight is 307 g/mol. The van der Waals surface area contributed by atoms with E-state index in [0.29, 0.717) is 6.54 Å². The van der Waals surface area contributed by atoms with Crippen molar-refractivity contribution in [1.82, 2.24) is 4.90 Å². The van der Waals surface area contributed by atoms with Crippen molar-refractivity contribution < 1.29 is 13.9 Å². The number of halogens is 1. The van der Waals surface area contributed by atoms with E-state index < -0.39 is 5.82 Å². The van der Waals surface area contributed by atoms with Gasteiger partial charge in [0.25, 0.3) is 5.91 Å². The highest BCUT2D eigenvalue weighted by Gasteiger charge is 2.15. The first-order valence-corrected chi connectivity index (χ1v) is 7.50. The summed E-state index contributed by atoms with van der Waals surface area (Å²) in [5.41, 5.74) is 1.12. The lowest BCUT2D eigenvalue weighted by Crippen LogP contribution is -2.30. The molecule has 0 atom stereocenters. The normalized spacial score (nSPS) is 10.5. The largest absolute Gasteiger partial charge is 0.489 e. The zero-order valence-corrected chi connectivity index (χ0v) is 13.2. The Labute approximate surface area is 128 Å². The number of aryl methyl sites for hydroxylation is 2. The molecule has 21 heavy (non-hydrogen) atoms. The van der Waals surface area contributed by atoms with Crippen LogP contribution in [0.2, 0.25) is 0 Å². The van der Waals surface area contributed by atoms with Crippen molar-refractivity contribution >= 4 is 17.2 Å². The summed E-state index contributed by atoms with van der Waals surface area (Å²) in [5.74, 6) is -0.217. The number of carbonyl (C=O) groups excluding carboxylic acids is 1. The van der Waals surface area contributed by atoms with Crippen LogP contribution < -0.4 is 4.74 Å². The van der Waals surface area contributed by atoms with Crippen LogP contribution in [-0.2, 0) is 0 Å². The van der Waals surface area contributed by atoms with Crippen molar-refractivity contribution in [3.05, 3.63) is 51.5 Å². The fourth-order valence-corrected chi connectivity index (χ4v) is 2.85. The maximum atomic E-state index is 13.4. The van der Waals surface area contributed by atoms with Gasteiger partial charge in [-0.25, -0.2) is 4.39 Å². The molecule has 0 fully saturated rings. The Balaban J connectivity index is 1.88. The van der Waals surface area contributed by atoms with Crippen molar-refractivity contribution in [2.45, 2.75) is 13.8 Å². The molecule has 0 saturated heterocycles. The Bertz CT molecular complexity index is 619. The van der Waals surface area contributed by atoms with Gasteiger partial charge in [-0.15, -0.1) is 11.3 Å². The number of thiophene rings is 1. The minimum absolute atomic E-state index is 0.0340. The van der Waals surface area contributed by atoms with Crippen LogP contribution in [0.15, 0.2) is 30.3 Å². The van der Waals surface area contributed by atoms with E-state index in [1.54, 1.807) is 30.1 Å². The first-order valence-electron chi connectivity index (χ1n) is 6.69. The van der Waals surface area contributed by atoms with Crippen LogP contribution >= 0.6 is 11.3 Å². The second-order valence-electron chi connectivity index (χ2n) is 4.86. The maximum Gasteiger partial charge on any atom is 0.263 e. The van der Waals surface area contributed by atoms with Gasteiger partial charge < -0.3 is 9.64 Å². The highest BCUT2D eigenvalue weighted by Crippen LogP contribution is 2.21. The van der Waals surface area contributed by atoms with Gasteiger partial charge in [-0.1, -0.05) is 12.1 Å². The SMILES string of the molecule is Cc1cc(C(=O)N(C)CCOc2ccccc2F)sc1C. The highest BCUT2D eigenvalue weighted by molar-refractivity contribution is 7.14. The molecule has 0 unspecified atom stereocenters. The first-order chi connectivity index (χ1) is 9.99. The maximum absolute atomic E-state index is 13.4. The van der Waals surface area contributed by atoms with E-state index in [2.05, 4.69) is 0 Å². The van der Waals surface area contributed by atoms with Gasteiger partial charge in [0.15, 0.2) is 11.6 Å². The van der Waals surface area contributed by atoms with Gasteiger partial charge in [0, 0.05) is 11.9 Å². The van der Waals surface area contributed by atoms with E-state index >= 15 is 0 Å². The summed E-state index contributed by atoms with van der Waals surface area (Å²) in [4.78, 5) is 15.7. The van der Waals surface area contributed by atoms with Crippen LogP contribution in [0.1, 0.15) is 20.1 Å². The summed E-state index contributed by atoms with van der Waals surface area (Å²) in [6, 6.07) is 8.14. The molecule has 0 bridgehead atoms. The predicted molar refractivity (Wildman–Crippen MR) is 82.6 cm³/mol. The van der Waals surface area contributed by atoms with Gasteiger partial charge >= 0.3 is 0 Å². The standard InChI is InChI=1S/C16H18FNO2S/c1-11-10-15(21-12(11)2)16(19)18(3)8-9-20-14-7-5-4-6-13(14)17/h4-7,10H,8-9H2,1-3H3. The molecule has 1 heterocycles. The third-order valence-corrected chi connectivity index (χ3v) is 4.38. The third-order valence-electron chi connectivity index (χ3n) is 3.24. The smallest absolute Gasteiger partial charge is 0.263 e. The van der Waals surface area contributed by atoms with Crippen LogP contribution in [0.25, 0.3) is 0 Å². The molecular weight excluding hydrogens is 289 g/mol. The minimum Gasteiger partial charge on any atom is -0.489 e. The van der Waals surface area contributed by atoms with Crippen molar-refractivity contribution in [2.24, 2.45) is 0 Å². The molecule has 0 radical (unpaired) electrons. The zero-order valence-electron chi connectivity index (χ0n) is 12.4. The van der Waals surface area contributed by atoms with Gasteiger partial charge in [0.1, 0.15) is 6.61 Å². The summed E-state index contributed by atoms with van der Waals surface area (Å²) in [5, 5.41) is 0. The molecule has 3 nitrogen and oxygen atoms in total. The number of benzene rings is 1. The molecule has 0 aliphatic heterocycles. The van der Waals surface area contributed by atoms with Gasteiger partial charge in [0.05, 0.1) is 11.4 Å². The molecule has 5 heteroatoms. The Hall–Kier alpha value is -1.88. The Kier molecular flexibility index (Phi) is 4.96. The van der Waals surface area contributed by atoms with E-state index in [-0.39, 0.29) is 18.3 Å². The van der Waals surface area contributed by atoms with Gasteiger partial charge in [-0.3, -0.25) is 4.79 Å². The Morgan fingerprint density at radius 2 is 2.05 bits per heavy atom. The van der Waals surface area contributed by atoms with Crippen molar-refractivity contribution in [1.29, 1.82) is 0 Å². The number of likely N-dealkylation sites (N-methyl/N-ethyl adjacent to an activating group) is 1. The van der Waals surface area contributed by atoms with Crippen LogP contribution in [0.3, 0.4) is 0 Å². The molecule has 1 amide bonds. The first kappa shape index (κ1) is 15.5. The van der Waals surface area contributed by atoms with Gasteiger partial charge in [0.2, 0.25) is 0 Å². The molecule has 1 aromatic carbocycles. The average Bonchev–Trinajstić information content (AvgIpc) is 2.80. The molecule has 112 valence electrons. The Morgan fingerprint density at radius 1 is 1.33 bits per heavy atom. The molecule has 0 aliphatic carbocycles. The number of carbonyl (C=O) groups is 1. The van der Waals surface area contributed by atoms with E-state index in [0.717, 1.165) is 15.3 Å². The number of hydrogen-bond acceptors (Lipinski definition) is 3. The van der Waals surface area contributed by atoms with Crippen LogP contribution in [0.4, 0.5) is 4.39 Å². The molecule has 1 aromatic heterocycles. The topological polar surface area (TPSA) is 29.5 Å². The van der Waals surface area contributed by atoms with Crippen LogP contribution in [0.5, 0.6) is 5.75 Å². The van der Waals surface area contributed by atoms with Gasteiger partial charge in [-0.2, -0.15) is 0 Å². The number of nitrogens with zero attached hydrogens (tertiary/aromatic N) is 1.